The highest BCUT2D eigenvalue weighted by molar-refractivity contribution is 7.17. The van der Waals surface area contributed by atoms with Crippen molar-refractivity contribution in [3.63, 3.8) is 0 Å². The van der Waals surface area contributed by atoms with Crippen LogP contribution in [0.25, 0.3) is 21.8 Å². The maximum absolute atomic E-state index is 13.0. The molecule has 0 aliphatic heterocycles. The lowest BCUT2D eigenvalue weighted by Gasteiger charge is -2.07. The van der Waals surface area contributed by atoms with Crippen molar-refractivity contribution in [2.45, 2.75) is 6.42 Å². The molecule has 33 heavy (non-hydrogen) atoms. The molecular formula is C26H23N3O3S. The van der Waals surface area contributed by atoms with E-state index in [1.54, 1.807) is 12.1 Å². The number of carbonyl (C=O) groups is 2. The summed E-state index contributed by atoms with van der Waals surface area (Å²) in [6.07, 6.45) is 0.571. The number of thiazole rings is 1. The van der Waals surface area contributed by atoms with E-state index in [4.69, 9.17) is 4.98 Å². The average Bonchev–Trinajstić information content (AvgIpc) is 3.30. The van der Waals surface area contributed by atoms with Crippen LogP contribution in [0, 0.1) is 0 Å². The molecule has 2 amide bonds. The second-order valence-electron chi connectivity index (χ2n) is 7.34. The number of rotatable bonds is 8. The van der Waals surface area contributed by atoms with Crippen LogP contribution in [0.15, 0.2) is 84.9 Å². The maximum atomic E-state index is 13.0. The van der Waals surface area contributed by atoms with Gasteiger partial charge in [0.25, 0.3) is 11.8 Å². The standard InChI is InChI=1S/C26H23N3O3S/c30-21-14-7-13-20(17-21)24(31)27-15-8-16-28-25(32)23-22(18-9-3-1-4-10-18)29-26(33-23)19-11-5-2-6-12-19/h1-7,9-14,17,30H,8,15-16H2,(H,27,31)(H,28,32). The summed E-state index contributed by atoms with van der Waals surface area (Å²) in [4.78, 5) is 30.4. The Bertz CT molecular complexity index is 1240. The third kappa shape index (κ3) is 5.64. The van der Waals surface area contributed by atoms with Crippen LogP contribution in [0.2, 0.25) is 0 Å². The van der Waals surface area contributed by atoms with Gasteiger partial charge in [0.1, 0.15) is 15.6 Å². The van der Waals surface area contributed by atoms with Crippen molar-refractivity contribution in [1.29, 1.82) is 0 Å². The molecule has 3 aromatic carbocycles. The monoisotopic (exact) mass is 457 g/mol. The minimum Gasteiger partial charge on any atom is -0.508 e. The van der Waals surface area contributed by atoms with Crippen molar-refractivity contribution in [3.8, 4) is 27.6 Å². The lowest BCUT2D eigenvalue weighted by Crippen LogP contribution is -2.29. The van der Waals surface area contributed by atoms with Crippen LogP contribution in [0.1, 0.15) is 26.5 Å². The van der Waals surface area contributed by atoms with Crippen LogP contribution < -0.4 is 10.6 Å². The average molecular weight is 458 g/mol. The van der Waals surface area contributed by atoms with Crippen LogP contribution in [0.4, 0.5) is 0 Å². The SMILES string of the molecule is O=C(NCCCNC(=O)c1sc(-c2ccccc2)nc1-c1ccccc1)c1cccc(O)c1. The molecule has 0 radical (unpaired) electrons. The first kappa shape index (κ1) is 22.2. The van der Waals surface area contributed by atoms with Crippen molar-refractivity contribution in [1.82, 2.24) is 15.6 Å². The van der Waals surface area contributed by atoms with Gasteiger partial charge >= 0.3 is 0 Å². The van der Waals surface area contributed by atoms with Gasteiger partial charge in [-0.25, -0.2) is 4.98 Å². The summed E-state index contributed by atoms with van der Waals surface area (Å²) in [5, 5.41) is 16.0. The molecule has 0 atom stereocenters. The number of phenolic OH excluding ortho intramolecular Hbond substituents is 1. The highest BCUT2D eigenvalue weighted by Crippen LogP contribution is 2.33. The quantitative estimate of drug-likeness (QED) is 0.334. The molecule has 6 nitrogen and oxygen atoms in total. The van der Waals surface area contributed by atoms with Gasteiger partial charge in [0.05, 0.1) is 5.69 Å². The molecule has 4 rings (SSSR count). The van der Waals surface area contributed by atoms with E-state index >= 15 is 0 Å². The van der Waals surface area contributed by atoms with Crippen molar-refractivity contribution >= 4 is 23.2 Å². The molecule has 0 saturated heterocycles. The summed E-state index contributed by atoms with van der Waals surface area (Å²) in [6.45, 7) is 0.810. The number of aromatic nitrogens is 1. The van der Waals surface area contributed by atoms with Gasteiger partial charge in [0.15, 0.2) is 0 Å². The molecule has 0 aliphatic carbocycles. The third-order valence-electron chi connectivity index (χ3n) is 4.93. The summed E-state index contributed by atoms with van der Waals surface area (Å²) >= 11 is 1.37. The molecule has 166 valence electrons. The zero-order valence-electron chi connectivity index (χ0n) is 17.8. The lowest BCUT2D eigenvalue weighted by atomic mass is 10.1. The predicted molar refractivity (Wildman–Crippen MR) is 130 cm³/mol. The van der Waals surface area contributed by atoms with E-state index in [0.29, 0.717) is 35.6 Å². The summed E-state index contributed by atoms with van der Waals surface area (Å²) in [5.41, 5.74) is 2.91. The molecule has 0 fully saturated rings. The van der Waals surface area contributed by atoms with E-state index < -0.39 is 0 Å². The Balaban J connectivity index is 1.39. The summed E-state index contributed by atoms with van der Waals surface area (Å²) < 4.78 is 0. The van der Waals surface area contributed by atoms with Crippen molar-refractivity contribution in [3.05, 3.63) is 95.4 Å². The van der Waals surface area contributed by atoms with Crippen molar-refractivity contribution in [2.24, 2.45) is 0 Å². The summed E-state index contributed by atoms with van der Waals surface area (Å²) in [6, 6.07) is 25.6. The Hall–Kier alpha value is -3.97. The van der Waals surface area contributed by atoms with Gasteiger partial charge in [-0.2, -0.15) is 0 Å². The number of benzene rings is 3. The van der Waals surface area contributed by atoms with E-state index in [2.05, 4.69) is 10.6 Å². The van der Waals surface area contributed by atoms with E-state index in [9.17, 15) is 14.7 Å². The van der Waals surface area contributed by atoms with Gasteiger partial charge in [-0.3, -0.25) is 9.59 Å². The van der Waals surface area contributed by atoms with Crippen molar-refractivity contribution < 1.29 is 14.7 Å². The number of nitrogens with one attached hydrogen (secondary N) is 2. The first-order chi connectivity index (χ1) is 16.1. The number of hydrogen-bond acceptors (Lipinski definition) is 5. The Morgan fingerprint density at radius 3 is 2.09 bits per heavy atom. The fourth-order valence-electron chi connectivity index (χ4n) is 3.29. The van der Waals surface area contributed by atoms with Crippen molar-refractivity contribution in [2.75, 3.05) is 13.1 Å². The number of phenols is 1. The van der Waals surface area contributed by atoms with Gasteiger partial charge in [-0.15, -0.1) is 11.3 Å². The molecule has 4 aromatic rings. The van der Waals surface area contributed by atoms with Gasteiger partial charge in [0.2, 0.25) is 0 Å². The fraction of sp³-hybridized carbons (Fsp3) is 0.115. The fourth-order valence-corrected chi connectivity index (χ4v) is 4.30. The molecule has 1 aromatic heterocycles. The topological polar surface area (TPSA) is 91.3 Å². The van der Waals surface area contributed by atoms with Gasteiger partial charge < -0.3 is 15.7 Å². The number of aromatic hydroxyl groups is 1. The highest BCUT2D eigenvalue weighted by atomic mass is 32.1. The molecule has 0 aliphatic rings. The Kier molecular flexibility index (Phi) is 7.12. The van der Waals surface area contributed by atoms with E-state index in [1.165, 1.54) is 23.5 Å². The number of carbonyl (C=O) groups excluding carboxylic acids is 2. The van der Waals surface area contributed by atoms with Gasteiger partial charge in [0, 0.05) is 29.8 Å². The molecule has 1 heterocycles. The zero-order chi connectivity index (χ0) is 23.0. The maximum Gasteiger partial charge on any atom is 0.263 e. The van der Waals surface area contributed by atoms with E-state index in [1.807, 2.05) is 60.7 Å². The third-order valence-corrected chi connectivity index (χ3v) is 6.04. The van der Waals surface area contributed by atoms with Crippen LogP contribution in [-0.4, -0.2) is 35.0 Å². The normalized spacial score (nSPS) is 10.5. The molecule has 0 bridgehead atoms. The van der Waals surface area contributed by atoms with Crippen LogP contribution in [0.5, 0.6) is 5.75 Å². The summed E-state index contributed by atoms with van der Waals surface area (Å²) in [5.74, 6) is -0.407. The smallest absolute Gasteiger partial charge is 0.263 e. The largest absolute Gasteiger partial charge is 0.508 e. The first-order valence-electron chi connectivity index (χ1n) is 10.6. The van der Waals surface area contributed by atoms with Gasteiger partial charge in [-0.1, -0.05) is 66.7 Å². The number of nitrogens with zero attached hydrogens (tertiary/aromatic N) is 1. The van der Waals surface area contributed by atoms with Crippen LogP contribution >= 0.6 is 11.3 Å². The Morgan fingerprint density at radius 1 is 0.788 bits per heavy atom. The lowest BCUT2D eigenvalue weighted by molar-refractivity contribution is 0.0952. The second kappa shape index (κ2) is 10.6. The van der Waals surface area contributed by atoms with Gasteiger partial charge in [-0.05, 0) is 24.6 Å². The number of amides is 2. The first-order valence-corrected chi connectivity index (χ1v) is 11.4. The van der Waals surface area contributed by atoms with E-state index in [-0.39, 0.29) is 17.6 Å². The predicted octanol–water partition coefficient (Wildman–Crippen LogP) is 4.73. The van der Waals surface area contributed by atoms with Crippen LogP contribution in [-0.2, 0) is 0 Å². The Labute approximate surface area is 196 Å². The minimum absolute atomic E-state index is 0.0450. The molecule has 0 spiro atoms. The number of hydrogen-bond donors (Lipinski definition) is 3. The second-order valence-corrected chi connectivity index (χ2v) is 8.34. The van der Waals surface area contributed by atoms with Crippen LogP contribution in [0.3, 0.4) is 0 Å². The molecule has 7 heteroatoms. The highest BCUT2D eigenvalue weighted by Gasteiger charge is 2.20. The molecule has 0 saturated carbocycles. The molecular weight excluding hydrogens is 434 g/mol. The van der Waals surface area contributed by atoms with E-state index in [0.717, 1.165) is 16.1 Å². The molecule has 0 unspecified atom stereocenters. The summed E-state index contributed by atoms with van der Waals surface area (Å²) in [7, 11) is 0. The molecule has 3 N–H and O–H groups in total. The zero-order valence-corrected chi connectivity index (χ0v) is 18.6. The minimum atomic E-state index is -0.265. The Morgan fingerprint density at radius 2 is 1.42 bits per heavy atom.